The Bertz CT molecular complexity index is 1490. The molecule has 4 aromatic rings. The van der Waals surface area contributed by atoms with Crippen LogP contribution in [0, 0.1) is 22.9 Å². The first-order chi connectivity index (χ1) is 16.6. The lowest BCUT2D eigenvalue weighted by atomic mass is 9.89. The first-order valence-electron chi connectivity index (χ1n) is 10.5. The Hall–Kier alpha value is -4.40. The van der Waals surface area contributed by atoms with E-state index in [2.05, 4.69) is 4.98 Å². The van der Waals surface area contributed by atoms with Gasteiger partial charge >= 0.3 is 5.97 Å². The Morgan fingerprint density at radius 3 is 2.37 bits per heavy atom. The maximum Gasteiger partial charge on any atom is 0.338 e. The quantitative estimate of drug-likeness (QED) is 0.216. The van der Waals surface area contributed by atoms with Gasteiger partial charge in [-0.05, 0) is 53.4 Å². The zero-order valence-corrected chi connectivity index (χ0v) is 18.7. The number of halogens is 3. The Balaban J connectivity index is 2.04. The number of aromatic carboxylic acids is 1. The van der Waals surface area contributed by atoms with Gasteiger partial charge in [-0.3, -0.25) is 0 Å². The second kappa shape index (κ2) is 9.09. The van der Waals surface area contributed by atoms with Crippen LogP contribution in [0.4, 0.5) is 18.9 Å². The van der Waals surface area contributed by atoms with Crippen molar-refractivity contribution >= 4 is 28.8 Å². The van der Waals surface area contributed by atoms with Crippen LogP contribution in [0.2, 0.25) is 0 Å². The zero-order valence-electron chi connectivity index (χ0n) is 18.7. The van der Waals surface area contributed by atoms with Gasteiger partial charge in [0.1, 0.15) is 5.82 Å². The largest absolute Gasteiger partial charge is 0.478 e. The maximum atomic E-state index is 14.7. The van der Waals surface area contributed by atoms with Crippen LogP contribution in [-0.2, 0) is 0 Å². The highest BCUT2D eigenvalue weighted by Crippen LogP contribution is 2.43. The van der Waals surface area contributed by atoms with Crippen molar-refractivity contribution in [3.05, 3.63) is 82.7 Å². The number of hydrogen-bond acceptors (Lipinski definition) is 5. The molecule has 0 unspecified atom stereocenters. The third-order valence-electron chi connectivity index (χ3n) is 5.54. The third kappa shape index (κ3) is 4.28. The summed E-state index contributed by atoms with van der Waals surface area (Å²) in [6.45, 7) is 3.70. The predicted octanol–water partition coefficient (Wildman–Crippen LogP) is 6.51. The van der Waals surface area contributed by atoms with E-state index in [1.807, 2.05) is 13.8 Å². The number of aromatic nitrogens is 1. The number of nitrogens with zero attached hydrogens (tertiary/aromatic N) is 1. The molecule has 0 saturated carbocycles. The van der Waals surface area contributed by atoms with Gasteiger partial charge in [-0.25, -0.2) is 18.6 Å². The summed E-state index contributed by atoms with van der Waals surface area (Å²) in [5.41, 5.74) is 8.03. The Morgan fingerprint density at radius 2 is 1.77 bits per heavy atom. The van der Waals surface area contributed by atoms with Crippen LogP contribution >= 0.6 is 0 Å². The van der Waals surface area contributed by atoms with E-state index in [4.69, 9.17) is 21.0 Å². The Labute approximate surface area is 198 Å². The SMILES string of the molecule is CC(C)c1c(Oc2ccc(C(=O)O)c(F)c2F)nc2cc(N)c(C=N)cc2c1-c1ccc(F)cc1. The van der Waals surface area contributed by atoms with Crippen molar-refractivity contribution < 1.29 is 27.8 Å². The number of fused-ring (bicyclic) bond motifs is 1. The molecule has 0 atom stereocenters. The number of carboxylic acids is 1. The number of benzene rings is 3. The molecule has 0 radical (unpaired) electrons. The molecule has 4 rings (SSSR count). The maximum absolute atomic E-state index is 14.7. The molecule has 0 aliphatic rings. The molecule has 6 nitrogen and oxygen atoms in total. The summed E-state index contributed by atoms with van der Waals surface area (Å²) < 4.78 is 48.4. The van der Waals surface area contributed by atoms with Crippen LogP contribution in [0.5, 0.6) is 11.6 Å². The van der Waals surface area contributed by atoms with E-state index >= 15 is 0 Å². The molecule has 0 fully saturated rings. The molecule has 0 bridgehead atoms. The van der Waals surface area contributed by atoms with E-state index in [1.165, 1.54) is 18.2 Å². The van der Waals surface area contributed by atoms with Gasteiger partial charge in [0.05, 0.1) is 11.1 Å². The number of carboxylic acid groups (broad SMARTS) is 1. The average molecular weight is 479 g/mol. The summed E-state index contributed by atoms with van der Waals surface area (Å²) in [7, 11) is 0. The summed E-state index contributed by atoms with van der Waals surface area (Å²) in [6.07, 6.45) is 1.10. The molecule has 9 heteroatoms. The lowest BCUT2D eigenvalue weighted by Gasteiger charge is -2.21. The number of anilines is 1. The van der Waals surface area contributed by atoms with Crippen LogP contribution in [0.3, 0.4) is 0 Å². The van der Waals surface area contributed by atoms with Crippen molar-refractivity contribution in [2.45, 2.75) is 19.8 Å². The summed E-state index contributed by atoms with van der Waals surface area (Å²) in [4.78, 5) is 15.6. The number of pyridine rings is 1. The van der Waals surface area contributed by atoms with Gasteiger partial charge in [-0.2, -0.15) is 4.39 Å². The molecule has 0 aliphatic carbocycles. The molecule has 0 saturated heterocycles. The molecule has 178 valence electrons. The van der Waals surface area contributed by atoms with Crippen molar-refractivity contribution in [3.8, 4) is 22.8 Å². The van der Waals surface area contributed by atoms with Gasteiger partial charge < -0.3 is 21.0 Å². The van der Waals surface area contributed by atoms with Crippen LogP contribution in [0.1, 0.15) is 41.3 Å². The van der Waals surface area contributed by atoms with Crippen LogP contribution < -0.4 is 10.5 Å². The standard InChI is InChI=1S/C26H20F3N3O3/c1-12(2)21-22(13-3-5-15(27)6-4-13)17-9-14(11-30)18(31)10-19(17)32-25(21)35-20-8-7-16(26(33)34)23(28)24(20)29/h3-12,30H,31H2,1-2H3,(H,33,34). The fraction of sp³-hybridized carbons (Fsp3) is 0.115. The number of hydrogen-bond donors (Lipinski definition) is 3. The van der Waals surface area contributed by atoms with E-state index < -0.39 is 34.7 Å². The Morgan fingerprint density at radius 1 is 1.09 bits per heavy atom. The summed E-state index contributed by atoms with van der Waals surface area (Å²) in [5.74, 6) is -5.91. The van der Waals surface area contributed by atoms with Crippen molar-refractivity contribution in [1.82, 2.24) is 4.98 Å². The number of nitrogens with one attached hydrogen (secondary N) is 1. The third-order valence-corrected chi connectivity index (χ3v) is 5.54. The van der Waals surface area contributed by atoms with Gasteiger partial charge in [-0.15, -0.1) is 0 Å². The highest BCUT2D eigenvalue weighted by atomic mass is 19.2. The van der Waals surface area contributed by atoms with Gasteiger partial charge in [0.15, 0.2) is 11.6 Å². The van der Waals surface area contributed by atoms with Crippen molar-refractivity contribution in [2.24, 2.45) is 0 Å². The lowest BCUT2D eigenvalue weighted by molar-refractivity contribution is 0.0690. The van der Waals surface area contributed by atoms with Crippen molar-refractivity contribution in [2.75, 3.05) is 5.73 Å². The van der Waals surface area contributed by atoms with E-state index in [9.17, 15) is 18.0 Å². The van der Waals surface area contributed by atoms with Gasteiger partial charge in [0.25, 0.3) is 0 Å². The van der Waals surface area contributed by atoms with Crippen LogP contribution in [-0.4, -0.2) is 22.3 Å². The predicted molar refractivity (Wildman–Crippen MR) is 127 cm³/mol. The minimum atomic E-state index is -1.62. The van der Waals surface area contributed by atoms with Crippen LogP contribution in [0.25, 0.3) is 22.0 Å². The monoisotopic (exact) mass is 479 g/mol. The summed E-state index contributed by atoms with van der Waals surface area (Å²) >= 11 is 0. The highest BCUT2D eigenvalue weighted by molar-refractivity contribution is 6.03. The zero-order chi connectivity index (χ0) is 25.4. The number of rotatable bonds is 6. The fourth-order valence-electron chi connectivity index (χ4n) is 3.88. The number of nitrogens with two attached hydrogens (primary N) is 1. The summed E-state index contributed by atoms with van der Waals surface area (Å²) in [5, 5.41) is 17.3. The lowest BCUT2D eigenvalue weighted by Crippen LogP contribution is -2.06. The minimum Gasteiger partial charge on any atom is -0.478 e. The number of nitrogen functional groups attached to an aromatic ring is 1. The van der Waals surface area contributed by atoms with Gasteiger partial charge in [-0.1, -0.05) is 26.0 Å². The Kier molecular flexibility index (Phi) is 6.17. The average Bonchev–Trinajstić information content (AvgIpc) is 2.81. The normalized spacial score (nSPS) is 11.1. The van der Waals surface area contributed by atoms with Crippen molar-refractivity contribution in [3.63, 3.8) is 0 Å². The molecule has 1 aromatic heterocycles. The number of carbonyl (C=O) groups is 1. The van der Waals surface area contributed by atoms with Crippen LogP contribution in [0.15, 0.2) is 48.5 Å². The highest BCUT2D eigenvalue weighted by Gasteiger charge is 2.25. The molecular weight excluding hydrogens is 459 g/mol. The minimum absolute atomic E-state index is 0.0461. The van der Waals surface area contributed by atoms with E-state index in [0.717, 1.165) is 18.3 Å². The molecule has 3 aromatic carbocycles. The molecule has 1 heterocycles. The first-order valence-corrected chi connectivity index (χ1v) is 10.5. The molecule has 0 aliphatic heterocycles. The smallest absolute Gasteiger partial charge is 0.338 e. The molecular formula is C26H20F3N3O3. The fourth-order valence-corrected chi connectivity index (χ4v) is 3.88. The summed E-state index contributed by atoms with van der Waals surface area (Å²) in [6, 6.07) is 10.9. The van der Waals surface area contributed by atoms with Gasteiger partial charge in [0.2, 0.25) is 11.7 Å². The number of ether oxygens (including phenoxy) is 1. The molecule has 0 amide bonds. The second-order valence-corrected chi connectivity index (χ2v) is 8.16. The van der Waals surface area contributed by atoms with E-state index in [1.54, 1.807) is 18.2 Å². The topological polar surface area (TPSA) is 109 Å². The second-order valence-electron chi connectivity index (χ2n) is 8.16. The van der Waals surface area contributed by atoms with Gasteiger partial charge in [0, 0.05) is 28.4 Å². The van der Waals surface area contributed by atoms with E-state index in [0.29, 0.717) is 33.2 Å². The van der Waals surface area contributed by atoms with E-state index in [-0.39, 0.29) is 17.5 Å². The first kappa shape index (κ1) is 23.7. The molecule has 4 N–H and O–H groups in total. The van der Waals surface area contributed by atoms with Crippen molar-refractivity contribution in [1.29, 1.82) is 5.41 Å². The molecule has 35 heavy (non-hydrogen) atoms. The molecule has 0 spiro atoms.